The summed E-state index contributed by atoms with van der Waals surface area (Å²) in [5, 5.41) is 0. The third-order valence-corrected chi connectivity index (χ3v) is 14.7. The summed E-state index contributed by atoms with van der Waals surface area (Å²) in [6, 6.07) is 89.9. The second-order valence-corrected chi connectivity index (χ2v) is 18.4. The first-order valence-electron chi connectivity index (χ1n) is 23.1. The maximum Gasteiger partial charge on any atom is 0.0754 e. The normalized spacial score (nSPS) is 14.1. The van der Waals surface area contributed by atoms with Crippen LogP contribution in [-0.4, -0.2) is 0 Å². The molecule has 1 heterocycles. The van der Waals surface area contributed by atoms with Crippen LogP contribution in [0.3, 0.4) is 0 Å². The fourth-order valence-electron chi connectivity index (χ4n) is 11.8. The Morgan fingerprint density at radius 3 is 1.55 bits per heavy atom. The van der Waals surface area contributed by atoms with Crippen LogP contribution in [0.25, 0.3) is 44.5 Å². The number of fused-ring (bicyclic) bond motifs is 12. The zero-order chi connectivity index (χ0) is 44.0. The van der Waals surface area contributed by atoms with Crippen LogP contribution in [0.5, 0.6) is 0 Å². The molecule has 10 aromatic rings. The summed E-state index contributed by atoms with van der Waals surface area (Å²) < 4.78 is 0. The lowest BCUT2D eigenvalue weighted by Gasteiger charge is -2.45. The Kier molecular flexibility index (Phi) is 8.51. The highest BCUT2D eigenvalue weighted by molar-refractivity contribution is 5.98. The molecule has 0 atom stereocenters. The van der Waals surface area contributed by atoms with Crippen molar-refractivity contribution in [3.05, 3.63) is 276 Å². The minimum Gasteiger partial charge on any atom is -0.310 e. The van der Waals surface area contributed by atoms with Gasteiger partial charge in [-0.05, 0) is 133 Å². The van der Waals surface area contributed by atoms with E-state index in [2.05, 4.69) is 266 Å². The van der Waals surface area contributed by atoms with Crippen molar-refractivity contribution in [2.45, 2.75) is 24.7 Å². The SMILES string of the molecule is CC1(C)c2ccccc2-c2c(-c3ccc(N(c4ccccc4)c4ccccc4-c4ccc5c(c4)C4(c6ccccc6-5)c5ccccc5N(c5ccccc5)c5ccccc54)cc3)cccc21. The maximum absolute atomic E-state index is 2.50. The standard InChI is InChI=1S/C64H46N2/c1-63(2)53-28-12-10-26-52(53)62-49(27-19-32-57(62)63)43-36-39-47(40-37-43)65(45-20-5-3-6-21-45)59-33-16-11-24-48(59)44-38-41-51-50-25-9-13-29-54(50)64(58(51)42-44)55-30-14-17-34-60(55)66(46-22-7-4-8-23-46)61-35-18-15-31-56(61)64/h3-42H,1-2H3. The molecule has 0 bridgehead atoms. The van der Waals surface area contributed by atoms with E-state index in [1.54, 1.807) is 0 Å². The first kappa shape index (κ1) is 38.3. The molecule has 0 fully saturated rings. The maximum atomic E-state index is 2.50. The van der Waals surface area contributed by atoms with Crippen molar-refractivity contribution in [2.24, 2.45) is 0 Å². The van der Waals surface area contributed by atoms with Gasteiger partial charge in [-0.3, -0.25) is 0 Å². The van der Waals surface area contributed by atoms with Crippen molar-refractivity contribution in [1.29, 1.82) is 0 Å². The molecule has 0 saturated heterocycles. The molecule has 1 spiro atoms. The molecule has 0 radical (unpaired) electrons. The summed E-state index contributed by atoms with van der Waals surface area (Å²) >= 11 is 0. The average molecular weight is 843 g/mol. The number of benzene rings is 10. The Labute approximate surface area is 387 Å². The zero-order valence-corrected chi connectivity index (χ0v) is 37.0. The molecular formula is C64H46N2. The van der Waals surface area contributed by atoms with E-state index in [0.29, 0.717) is 0 Å². The predicted octanol–water partition coefficient (Wildman–Crippen LogP) is 16.9. The van der Waals surface area contributed by atoms with Crippen LogP contribution >= 0.6 is 0 Å². The minimum absolute atomic E-state index is 0.0536. The van der Waals surface area contributed by atoms with Gasteiger partial charge in [-0.15, -0.1) is 0 Å². The lowest BCUT2D eigenvalue weighted by molar-refractivity contribution is 0.660. The highest BCUT2D eigenvalue weighted by Gasteiger charge is 2.51. The lowest BCUT2D eigenvalue weighted by atomic mass is 9.64. The van der Waals surface area contributed by atoms with Crippen LogP contribution in [0.1, 0.15) is 47.2 Å². The van der Waals surface area contributed by atoms with Crippen molar-refractivity contribution >= 4 is 34.1 Å². The number of rotatable bonds is 6. The molecule has 2 aliphatic carbocycles. The van der Waals surface area contributed by atoms with Gasteiger partial charge in [0.25, 0.3) is 0 Å². The average Bonchev–Trinajstić information content (AvgIpc) is 3.80. The van der Waals surface area contributed by atoms with Gasteiger partial charge in [0.15, 0.2) is 0 Å². The van der Waals surface area contributed by atoms with Gasteiger partial charge in [-0.1, -0.05) is 196 Å². The third kappa shape index (κ3) is 5.42. The Bertz CT molecular complexity index is 3460. The molecule has 0 unspecified atom stereocenters. The minimum atomic E-state index is -0.544. The first-order valence-corrected chi connectivity index (χ1v) is 23.1. The molecule has 2 heteroatoms. The topological polar surface area (TPSA) is 6.48 Å². The van der Waals surface area contributed by atoms with E-state index >= 15 is 0 Å². The zero-order valence-electron chi connectivity index (χ0n) is 37.0. The van der Waals surface area contributed by atoms with Gasteiger partial charge in [0.05, 0.1) is 22.5 Å². The van der Waals surface area contributed by atoms with Crippen LogP contribution in [-0.2, 0) is 10.8 Å². The van der Waals surface area contributed by atoms with E-state index < -0.39 is 5.41 Å². The monoisotopic (exact) mass is 842 g/mol. The van der Waals surface area contributed by atoms with E-state index in [-0.39, 0.29) is 5.41 Å². The van der Waals surface area contributed by atoms with Crippen LogP contribution in [0.4, 0.5) is 34.1 Å². The lowest BCUT2D eigenvalue weighted by Crippen LogP contribution is -2.36. The fraction of sp³-hybridized carbons (Fsp3) is 0.0625. The molecule has 66 heavy (non-hydrogen) atoms. The third-order valence-electron chi connectivity index (χ3n) is 14.7. The summed E-state index contributed by atoms with van der Waals surface area (Å²) in [7, 11) is 0. The summed E-state index contributed by atoms with van der Waals surface area (Å²) in [5.41, 5.74) is 24.3. The van der Waals surface area contributed by atoms with E-state index in [0.717, 1.165) is 22.7 Å². The number of hydrogen-bond acceptors (Lipinski definition) is 2. The van der Waals surface area contributed by atoms with Crippen LogP contribution in [0, 0.1) is 0 Å². The smallest absolute Gasteiger partial charge is 0.0754 e. The van der Waals surface area contributed by atoms with Gasteiger partial charge in [-0.2, -0.15) is 0 Å². The molecule has 0 amide bonds. The van der Waals surface area contributed by atoms with E-state index in [1.807, 2.05) is 0 Å². The molecule has 0 aromatic heterocycles. The van der Waals surface area contributed by atoms with Gasteiger partial charge in [0, 0.05) is 28.0 Å². The second kappa shape index (κ2) is 14.7. The number of para-hydroxylation sites is 5. The fourth-order valence-corrected chi connectivity index (χ4v) is 11.8. The highest BCUT2D eigenvalue weighted by atomic mass is 15.2. The molecule has 10 aromatic carbocycles. The van der Waals surface area contributed by atoms with Crippen molar-refractivity contribution in [1.82, 2.24) is 0 Å². The molecule has 3 aliphatic rings. The summed E-state index contributed by atoms with van der Waals surface area (Å²) in [6.45, 7) is 4.71. The van der Waals surface area contributed by atoms with E-state index in [1.165, 1.54) is 89.3 Å². The summed E-state index contributed by atoms with van der Waals surface area (Å²) in [5.74, 6) is 0. The molecule has 1 aliphatic heterocycles. The number of anilines is 6. The van der Waals surface area contributed by atoms with E-state index in [4.69, 9.17) is 0 Å². The van der Waals surface area contributed by atoms with Crippen LogP contribution in [0.15, 0.2) is 243 Å². The van der Waals surface area contributed by atoms with Crippen molar-refractivity contribution in [3.8, 4) is 44.5 Å². The summed E-state index contributed by atoms with van der Waals surface area (Å²) in [6.07, 6.45) is 0. The van der Waals surface area contributed by atoms with Gasteiger partial charge in [-0.25, -0.2) is 0 Å². The predicted molar refractivity (Wildman–Crippen MR) is 275 cm³/mol. The molecule has 2 nitrogen and oxygen atoms in total. The van der Waals surface area contributed by atoms with Crippen LogP contribution < -0.4 is 9.80 Å². The molecule has 312 valence electrons. The molecule has 13 rings (SSSR count). The van der Waals surface area contributed by atoms with Gasteiger partial charge in [0.1, 0.15) is 0 Å². The molecule has 0 N–H and O–H groups in total. The Balaban J connectivity index is 0.981. The number of hydrogen-bond donors (Lipinski definition) is 0. The van der Waals surface area contributed by atoms with Crippen molar-refractivity contribution in [2.75, 3.05) is 9.80 Å². The Morgan fingerprint density at radius 2 is 0.833 bits per heavy atom. The second-order valence-electron chi connectivity index (χ2n) is 18.4. The van der Waals surface area contributed by atoms with E-state index in [9.17, 15) is 0 Å². The van der Waals surface area contributed by atoms with Gasteiger partial charge >= 0.3 is 0 Å². The van der Waals surface area contributed by atoms with Gasteiger partial charge < -0.3 is 9.80 Å². The van der Waals surface area contributed by atoms with Crippen molar-refractivity contribution < 1.29 is 0 Å². The first-order chi connectivity index (χ1) is 32.5. The highest BCUT2D eigenvalue weighted by Crippen LogP contribution is 2.64. The number of nitrogens with zero attached hydrogens (tertiary/aromatic N) is 2. The molecular weight excluding hydrogens is 797 g/mol. The molecule has 0 saturated carbocycles. The Hall–Kier alpha value is -8.20. The quantitative estimate of drug-likeness (QED) is 0.165. The van der Waals surface area contributed by atoms with Crippen molar-refractivity contribution in [3.63, 3.8) is 0 Å². The van der Waals surface area contributed by atoms with Crippen LogP contribution in [0.2, 0.25) is 0 Å². The Morgan fingerprint density at radius 1 is 0.333 bits per heavy atom. The largest absolute Gasteiger partial charge is 0.310 e. The summed E-state index contributed by atoms with van der Waals surface area (Å²) in [4.78, 5) is 4.87. The van der Waals surface area contributed by atoms with Gasteiger partial charge in [0.2, 0.25) is 0 Å².